The summed E-state index contributed by atoms with van der Waals surface area (Å²) in [6.45, 7) is 1.32. The summed E-state index contributed by atoms with van der Waals surface area (Å²) in [5.74, 6) is -1.01. The maximum Gasteiger partial charge on any atom is 0.330 e. The summed E-state index contributed by atoms with van der Waals surface area (Å²) in [5, 5.41) is 0. The van der Waals surface area contributed by atoms with Gasteiger partial charge in [-0.05, 0) is 49.4 Å². The number of nitrogens with two attached hydrogens (primary N) is 1. The van der Waals surface area contributed by atoms with Crippen LogP contribution in [-0.4, -0.2) is 77.5 Å². The molecule has 4 aromatic carbocycles. The SMILES string of the molecule is NCCCn1c(=O)n(C2CCOc3c(F)cccc32)c2nc(-n3cnc4ccc(F)cc43)ncc21.O=c1[nH]c2cnc(-n3cnc4ccc(F)cc43)nc2n1C1CCOc2c(F)cccc21. The quantitative estimate of drug-likeness (QED) is 0.177. The average molecular weight is 898 g/mol. The molecule has 21 heteroatoms. The molecule has 0 saturated carbocycles. The molecule has 0 spiro atoms. The Morgan fingerprint density at radius 2 is 1.23 bits per heavy atom. The molecule has 2 atom stereocenters. The molecule has 0 saturated heterocycles. The molecule has 0 aliphatic carbocycles. The molecule has 2 unspecified atom stereocenters. The summed E-state index contributed by atoms with van der Waals surface area (Å²) >= 11 is 0. The largest absolute Gasteiger partial charge is 0.490 e. The van der Waals surface area contributed by atoms with E-state index >= 15 is 0 Å². The molecule has 2 aliphatic rings. The van der Waals surface area contributed by atoms with Crippen molar-refractivity contribution < 1.29 is 27.0 Å². The highest BCUT2D eigenvalue weighted by Gasteiger charge is 2.31. The maximum atomic E-state index is 14.5. The van der Waals surface area contributed by atoms with Gasteiger partial charge in [0.05, 0.1) is 59.8 Å². The zero-order chi connectivity index (χ0) is 45.2. The molecule has 10 aromatic rings. The number of H-pyrrole nitrogens is 1. The van der Waals surface area contributed by atoms with Crippen molar-refractivity contribution in [3.05, 3.63) is 153 Å². The van der Waals surface area contributed by atoms with E-state index in [1.54, 1.807) is 60.9 Å². The first kappa shape index (κ1) is 40.6. The van der Waals surface area contributed by atoms with Crippen molar-refractivity contribution >= 4 is 44.4 Å². The van der Waals surface area contributed by atoms with Gasteiger partial charge in [-0.1, -0.05) is 24.3 Å². The molecule has 66 heavy (non-hydrogen) atoms. The lowest BCUT2D eigenvalue weighted by atomic mass is 10.00. The van der Waals surface area contributed by atoms with E-state index in [0.717, 1.165) is 0 Å². The molecule has 6 aromatic heterocycles. The molecule has 0 fully saturated rings. The second-order valence-corrected chi connectivity index (χ2v) is 15.7. The van der Waals surface area contributed by atoms with Crippen molar-refractivity contribution in [1.82, 2.24) is 57.7 Å². The van der Waals surface area contributed by atoms with Gasteiger partial charge in [0, 0.05) is 42.6 Å². The van der Waals surface area contributed by atoms with Crippen LogP contribution in [0.25, 0.3) is 56.3 Å². The van der Waals surface area contributed by atoms with Crippen molar-refractivity contribution in [2.45, 2.75) is 37.9 Å². The van der Waals surface area contributed by atoms with E-state index in [0.29, 0.717) is 87.9 Å². The van der Waals surface area contributed by atoms with Crippen LogP contribution < -0.4 is 26.6 Å². The van der Waals surface area contributed by atoms with Crippen LogP contribution in [0.3, 0.4) is 0 Å². The third kappa shape index (κ3) is 6.73. The minimum atomic E-state index is -0.483. The van der Waals surface area contributed by atoms with Crippen LogP contribution in [0.5, 0.6) is 11.5 Å². The van der Waals surface area contributed by atoms with E-state index in [9.17, 15) is 27.2 Å². The Balaban J connectivity index is 0.000000147. The predicted molar refractivity (Wildman–Crippen MR) is 232 cm³/mol. The lowest BCUT2D eigenvalue weighted by Gasteiger charge is -2.26. The van der Waals surface area contributed by atoms with Gasteiger partial charge in [-0.15, -0.1) is 0 Å². The van der Waals surface area contributed by atoms with Gasteiger partial charge in [-0.3, -0.25) is 22.8 Å². The molecule has 0 radical (unpaired) electrons. The molecule has 12 rings (SSSR count). The summed E-state index contributed by atoms with van der Waals surface area (Å²) in [6, 6.07) is 16.9. The number of aryl methyl sites for hydroxylation is 1. The van der Waals surface area contributed by atoms with Gasteiger partial charge in [0.15, 0.2) is 34.4 Å². The number of ether oxygens (including phenoxy) is 2. The van der Waals surface area contributed by atoms with E-state index in [2.05, 4.69) is 29.9 Å². The van der Waals surface area contributed by atoms with Gasteiger partial charge in [0.25, 0.3) is 0 Å². The fraction of sp³-hybridized carbons (Fsp3) is 0.200. The molecular formula is C45H35F4N13O4. The van der Waals surface area contributed by atoms with Crippen LogP contribution in [0.15, 0.2) is 107 Å². The highest BCUT2D eigenvalue weighted by atomic mass is 19.1. The van der Waals surface area contributed by atoms with Crippen LogP contribution in [0.2, 0.25) is 0 Å². The van der Waals surface area contributed by atoms with Gasteiger partial charge in [0.1, 0.15) is 35.3 Å². The molecule has 8 heterocycles. The number of hydrogen-bond donors (Lipinski definition) is 2. The molecule has 0 amide bonds. The number of aromatic amines is 1. The van der Waals surface area contributed by atoms with E-state index in [4.69, 9.17) is 20.2 Å². The van der Waals surface area contributed by atoms with Gasteiger partial charge >= 0.3 is 11.4 Å². The Morgan fingerprint density at radius 3 is 1.82 bits per heavy atom. The number of halogens is 4. The summed E-state index contributed by atoms with van der Waals surface area (Å²) in [7, 11) is 0. The van der Waals surface area contributed by atoms with Gasteiger partial charge in [0.2, 0.25) is 11.9 Å². The van der Waals surface area contributed by atoms with Crippen LogP contribution in [0.1, 0.15) is 42.5 Å². The Labute approximate surface area is 368 Å². The van der Waals surface area contributed by atoms with Crippen molar-refractivity contribution in [2.75, 3.05) is 19.8 Å². The molecule has 17 nitrogen and oxygen atoms in total. The summed E-state index contributed by atoms with van der Waals surface area (Å²) in [5.41, 5.74) is 10.1. The lowest BCUT2D eigenvalue weighted by molar-refractivity contribution is 0.243. The number of aromatic nitrogens is 12. The minimum absolute atomic E-state index is 0.142. The standard InChI is InChI=1S/C24H21F2N7O2.C21H14F2N6O2/c25-14-5-6-17-19(11-14)32(13-29-17)23-28-12-20-22(30-23)33(24(34)31(20)9-2-8-27)18-7-10-35-21-15(18)3-1-4-16(21)26;22-11-4-5-14-17(8-11)28(10-25-14)20-24-9-15-19(27-20)29(21(30)26-15)16-6-7-31-18-12(16)2-1-3-13(18)23/h1,3-6,11-13,18H,2,7-10,27H2;1-5,8-10,16H,6-7H2,(H,26,30). The summed E-state index contributed by atoms with van der Waals surface area (Å²) in [4.78, 5) is 55.9. The molecule has 3 N–H and O–H groups in total. The fourth-order valence-electron chi connectivity index (χ4n) is 8.78. The summed E-state index contributed by atoms with van der Waals surface area (Å²) < 4.78 is 75.3. The number of fused-ring (bicyclic) bond motifs is 6. The topological polar surface area (TPSA) is 196 Å². The second kappa shape index (κ2) is 16.1. The Kier molecular flexibility index (Phi) is 9.90. The van der Waals surface area contributed by atoms with E-state index < -0.39 is 35.4 Å². The average Bonchev–Trinajstić information content (AvgIpc) is 4.09. The fourth-order valence-corrected chi connectivity index (χ4v) is 8.78. The highest BCUT2D eigenvalue weighted by molar-refractivity contribution is 5.79. The molecule has 2 aliphatic heterocycles. The molecular weight excluding hydrogens is 863 g/mol. The van der Waals surface area contributed by atoms with Crippen LogP contribution in [-0.2, 0) is 6.54 Å². The van der Waals surface area contributed by atoms with Crippen LogP contribution in [0.4, 0.5) is 17.6 Å². The van der Waals surface area contributed by atoms with E-state index in [1.807, 2.05) is 0 Å². The third-order valence-electron chi connectivity index (χ3n) is 11.8. The van der Waals surface area contributed by atoms with E-state index in [1.165, 1.54) is 59.8 Å². The van der Waals surface area contributed by atoms with Gasteiger partial charge < -0.3 is 20.2 Å². The van der Waals surface area contributed by atoms with Gasteiger partial charge in [-0.25, -0.2) is 47.1 Å². The van der Waals surface area contributed by atoms with Crippen molar-refractivity contribution in [3.8, 4) is 23.4 Å². The monoisotopic (exact) mass is 897 g/mol. The number of nitrogens with zero attached hydrogens (tertiary/aromatic N) is 11. The van der Waals surface area contributed by atoms with Crippen LogP contribution >= 0.6 is 0 Å². The van der Waals surface area contributed by atoms with Crippen molar-refractivity contribution in [1.29, 1.82) is 0 Å². The zero-order valence-corrected chi connectivity index (χ0v) is 34.5. The Hall–Kier alpha value is -8.20. The normalized spacial score (nSPS) is 15.7. The number of benzene rings is 4. The number of rotatable bonds is 7. The smallest absolute Gasteiger partial charge is 0.330 e. The maximum absolute atomic E-state index is 14.5. The zero-order valence-electron chi connectivity index (χ0n) is 34.5. The summed E-state index contributed by atoms with van der Waals surface area (Å²) in [6.07, 6.45) is 7.60. The number of imidazole rings is 4. The molecule has 0 bridgehead atoms. The first-order valence-corrected chi connectivity index (χ1v) is 20.9. The molecule has 332 valence electrons. The van der Waals surface area contributed by atoms with Gasteiger partial charge in [-0.2, -0.15) is 9.97 Å². The Morgan fingerprint density at radius 1 is 0.667 bits per heavy atom. The Bertz CT molecular complexity index is 3650. The highest BCUT2D eigenvalue weighted by Crippen LogP contribution is 2.38. The predicted octanol–water partition coefficient (Wildman–Crippen LogP) is 6.04. The second-order valence-electron chi connectivity index (χ2n) is 15.7. The first-order chi connectivity index (χ1) is 32.2. The van der Waals surface area contributed by atoms with Crippen LogP contribution in [0, 0.1) is 23.3 Å². The number of hydrogen-bond acceptors (Lipinski definition) is 11. The van der Waals surface area contributed by atoms with Crippen molar-refractivity contribution in [2.24, 2.45) is 5.73 Å². The minimum Gasteiger partial charge on any atom is -0.490 e. The lowest BCUT2D eigenvalue weighted by Crippen LogP contribution is -2.31. The number of nitrogens with one attached hydrogen (secondary N) is 1. The number of para-hydroxylation sites is 2. The first-order valence-electron chi connectivity index (χ1n) is 20.9. The third-order valence-corrected chi connectivity index (χ3v) is 11.8. The van der Waals surface area contributed by atoms with E-state index in [-0.39, 0.29) is 48.0 Å². The van der Waals surface area contributed by atoms with Crippen molar-refractivity contribution in [3.63, 3.8) is 0 Å².